The molecule has 1 saturated carbocycles. The van der Waals surface area contributed by atoms with Gasteiger partial charge in [0.15, 0.2) is 9.84 Å². The fourth-order valence-corrected chi connectivity index (χ4v) is 6.31. The van der Waals surface area contributed by atoms with Crippen molar-refractivity contribution in [2.24, 2.45) is 11.3 Å². The molecule has 1 saturated heterocycles. The molecule has 5 heteroatoms. The van der Waals surface area contributed by atoms with Gasteiger partial charge in [0.2, 0.25) is 0 Å². The zero-order valence-electron chi connectivity index (χ0n) is 14.9. The molecule has 0 spiro atoms. The minimum Gasteiger partial charge on any atom is -0.389 e. The third-order valence-electron chi connectivity index (χ3n) is 6.08. The Balaban J connectivity index is 1.96. The summed E-state index contributed by atoms with van der Waals surface area (Å²) in [4.78, 5) is 2.09. The number of nitrogens with zero attached hydrogens (tertiary/aromatic N) is 1. The van der Waals surface area contributed by atoms with Gasteiger partial charge in [0.25, 0.3) is 0 Å². The van der Waals surface area contributed by atoms with Crippen molar-refractivity contribution in [3.05, 3.63) is 0 Å². The Hall–Kier alpha value is -0.130. The van der Waals surface area contributed by atoms with E-state index in [2.05, 4.69) is 25.7 Å². The summed E-state index contributed by atoms with van der Waals surface area (Å²) in [5.74, 6) is 1.16. The summed E-state index contributed by atoms with van der Waals surface area (Å²) in [6.07, 6.45) is 4.43. The maximum absolute atomic E-state index is 11.8. The molecule has 1 heterocycles. The van der Waals surface area contributed by atoms with Crippen LogP contribution in [0.2, 0.25) is 0 Å². The van der Waals surface area contributed by atoms with Crippen molar-refractivity contribution in [1.29, 1.82) is 0 Å². The van der Waals surface area contributed by atoms with Gasteiger partial charge in [0, 0.05) is 12.1 Å². The highest BCUT2D eigenvalue weighted by Gasteiger charge is 2.45. The number of β-amino-alcohol motifs (C(OH)–C–C–N with tert-alkyl or cyclic N) is 1. The summed E-state index contributed by atoms with van der Waals surface area (Å²) in [6.45, 7) is 9.42. The zero-order valence-corrected chi connectivity index (χ0v) is 15.7. The summed E-state index contributed by atoms with van der Waals surface area (Å²) >= 11 is 0. The SMILES string of the molecule is CN(CC1(O)CCC(C(C)(C)C)CC1)[C@@]1(C)CCS(=O)(=O)C1. The molecule has 2 aliphatic rings. The highest BCUT2D eigenvalue weighted by atomic mass is 32.2. The summed E-state index contributed by atoms with van der Waals surface area (Å²) in [6, 6.07) is 0. The topological polar surface area (TPSA) is 57.6 Å². The van der Waals surface area contributed by atoms with E-state index in [-0.39, 0.29) is 17.0 Å². The lowest BCUT2D eigenvalue weighted by Gasteiger charge is -2.45. The third kappa shape index (κ3) is 4.04. The van der Waals surface area contributed by atoms with Crippen LogP contribution in [0, 0.1) is 11.3 Å². The first-order chi connectivity index (χ1) is 9.85. The van der Waals surface area contributed by atoms with Gasteiger partial charge in [-0.3, -0.25) is 4.90 Å². The van der Waals surface area contributed by atoms with E-state index < -0.39 is 15.4 Å². The largest absolute Gasteiger partial charge is 0.389 e. The van der Waals surface area contributed by atoms with Crippen molar-refractivity contribution < 1.29 is 13.5 Å². The molecule has 1 N–H and O–H groups in total. The Bertz CT molecular complexity index is 500. The maximum Gasteiger partial charge on any atom is 0.152 e. The first kappa shape index (κ1) is 18.2. The van der Waals surface area contributed by atoms with Gasteiger partial charge in [0.05, 0.1) is 17.1 Å². The minimum absolute atomic E-state index is 0.219. The van der Waals surface area contributed by atoms with Gasteiger partial charge in [-0.05, 0) is 57.4 Å². The number of rotatable bonds is 3. The van der Waals surface area contributed by atoms with Crippen LogP contribution in [0.3, 0.4) is 0 Å². The molecule has 4 nitrogen and oxygen atoms in total. The van der Waals surface area contributed by atoms with Crippen molar-refractivity contribution in [1.82, 2.24) is 4.90 Å². The van der Waals surface area contributed by atoms with Gasteiger partial charge >= 0.3 is 0 Å². The van der Waals surface area contributed by atoms with Crippen molar-refractivity contribution >= 4 is 9.84 Å². The Kier molecular flexibility index (Phi) is 4.76. The van der Waals surface area contributed by atoms with Crippen LogP contribution < -0.4 is 0 Å². The van der Waals surface area contributed by atoms with E-state index in [9.17, 15) is 13.5 Å². The molecular weight excluding hydrogens is 298 g/mol. The Morgan fingerprint density at radius 3 is 2.14 bits per heavy atom. The molecule has 1 aliphatic carbocycles. The molecule has 0 amide bonds. The van der Waals surface area contributed by atoms with Crippen molar-refractivity contribution in [3.63, 3.8) is 0 Å². The first-order valence-corrected chi connectivity index (χ1v) is 10.3. The zero-order chi connectivity index (χ0) is 16.8. The standard InChI is InChI=1S/C17H33NO3S/c1-15(2,3)14-6-8-17(19,9-7-14)12-18(5)16(4)10-11-22(20,21)13-16/h14,19H,6-13H2,1-5H3/t14?,16-,17?/m0/s1. The predicted octanol–water partition coefficient (Wildman–Crippen LogP) is 2.46. The molecule has 1 aliphatic heterocycles. The van der Waals surface area contributed by atoms with E-state index in [0.29, 0.717) is 24.3 Å². The normalized spacial score (nSPS) is 39.3. The molecule has 22 heavy (non-hydrogen) atoms. The van der Waals surface area contributed by atoms with Crippen LogP contribution in [0.25, 0.3) is 0 Å². The average molecular weight is 332 g/mol. The van der Waals surface area contributed by atoms with Crippen LogP contribution in [-0.4, -0.2) is 54.7 Å². The van der Waals surface area contributed by atoms with Gasteiger partial charge in [0.1, 0.15) is 0 Å². The smallest absolute Gasteiger partial charge is 0.152 e. The number of aliphatic hydroxyl groups is 1. The summed E-state index contributed by atoms with van der Waals surface area (Å²) in [7, 11) is -0.944. The highest BCUT2D eigenvalue weighted by molar-refractivity contribution is 7.91. The monoisotopic (exact) mass is 331 g/mol. The molecule has 0 aromatic carbocycles. The van der Waals surface area contributed by atoms with Crippen LogP contribution >= 0.6 is 0 Å². The van der Waals surface area contributed by atoms with Crippen molar-refractivity contribution in [2.45, 2.75) is 70.9 Å². The molecule has 2 fully saturated rings. The summed E-state index contributed by atoms with van der Waals surface area (Å²) < 4.78 is 23.6. The second kappa shape index (κ2) is 5.75. The van der Waals surface area contributed by atoms with Gasteiger partial charge in [-0.25, -0.2) is 8.42 Å². The number of hydrogen-bond acceptors (Lipinski definition) is 4. The van der Waals surface area contributed by atoms with E-state index >= 15 is 0 Å². The Morgan fingerprint density at radius 1 is 1.18 bits per heavy atom. The van der Waals surface area contributed by atoms with E-state index in [4.69, 9.17) is 0 Å². The minimum atomic E-state index is -2.91. The van der Waals surface area contributed by atoms with Crippen LogP contribution in [0.5, 0.6) is 0 Å². The number of likely N-dealkylation sites (N-methyl/N-ethyl adjacent to an activating group) is 1. The van der Waals surface area contributed by atoms with Gasteiger partial charge < -0.3 is 5.11 Å². The molecule has 2 rings (SSSR count). The molecule has 0 bridgehead atoms. The summed E-state index contributed by atoms with van der Waals surface area (Å²) in [5.41, 5.74) is -0.681. The quantitative estimate of drug-likeness (QED) is 0.863. The average Bonchev–Trinajstić information content (AvgIpc) is 2.64. The molecule has 0 unspecified atom stereocenters. The van der Waals surface area contributed by atoms with Crippen LogP contribution in [0.4, 0.5) is 0 Å². The fourth-order valence-electron chi connectivity index (χ4n) is 4.11. The Morgan fingerprint density at radius 2 is 1.73 bits per heavy atom. The second-order valence-corrected chi connectivity index (χ2v) is 11.2. The predicted molar refractivity (Wildman–Crippen MR) is 90.7 cm³/mol. The molecule has 0 radical (unpaired) electrons. The second-order valence-electron chi connectivity index (χ2n) is 9.06. The van der Waals surface area contributed by atoms with Crippen LogP contribution in [0.1, 0.15) is 59.8 Å². The van der Waals surface area contributed by atoms with Crippen molar-refractivity contribution in [3.8, 4) is 0 Å². The van der Waals surface area contributed by atoms with Gasteiger partial charge in [-0.2, -0.15) is 0 Å². The Labute approximate surface area is 136 Å². The molecule has 1 atom stereocenters. The van der Waals surface area contributed by atoms with E-state index in [1.165, 1.54) is 0 Å². The van der Waals surface area contributed by atoms with Crippen LogP contribution in [0.15, 0.2) is 0 Å². The summed E-state index contributed by atoms with van der Waals surface area (Å²) in [5, 5.41) is 10.9. The molecular formula is C17H33NO3S. The number of hydrogen-bond donors (Lipinski definition) is 1. The third-order valence-corrected chi connectivity index (χ3v) is 7.96. The van der Waals surface area contributed by atoms with E-state index in [1.807, 2.05) is 14.0 Å². The highest BCUT2D eigenvalue weighted by Crippen LogP contribution is 2.42. The van der Waals surface area contributed by atoms with Gasteiger partial charge in [-0.15, -0.1) is 0 Å². The maximum atomic E-state index is 11.8. The lowest BCUT2D eigenvalue weighted by atomic mass is 9.68. The van der Waals surface area contributed by atoms with Crippen LogP contribution in [-0.2, 0) is 9.84 Å². The van der Waals surface area contributed by atoms with Crippen molar-refractivity contribution in [2.75, 3.05) is 25.1 Å². The van der Waals surface area contributed by atoms with Gasteiger partial charge in [-0.1, -0.05) is 20.8 Å². The first-order valence-electron chi connectivity index (χ1n) is 8.49. The molecule has 0 aromatic rings. The fraction of sp³-hybridized carbons (Fsp3) is 1.00. The number of sulfone groups is 1. The lowest BCUT2D eigenvalue weighted by Crippen LogP contribution is -2.53. The lowest BCUT2D eigenvalue weighted by molar-refractivity contribution is -0.0589. The molecule has 0 aromatic heterocycles. The van der Waals surface area contributed by atoms with E-state index in [1.54, 1.807) is 0 Å². The molecule has 130 valence electrons. The van der Waals surface area contributed by atoms with E-state index in [0.717, 1.165) is 25.7 Å².